The summed E-state index contributed by atoms with van der Waals surface area (Å²) in [6.07, 6.45) is 0. The largest absolute Gasteiger partial charge is 0.506 e. The molecule has 0 aliphatic rings. The number of hydrogen-bond acceptors (Lipinski definition) is 3. The van der Waals surface area contributed by atoms with Crippen molar-refractivity contribution in [3.05, 3.63) is 30.0 Å². The molecule has 1 heterocycles. The van der Waals surface area contributed by atoms with Crippen molar-refractivity contribution in [1.82, 2.24) is 4.98 Å². The summed E-state index contributed by atoms with van der Waals surface area (Å²) in [6.45, 7) is 1.93. The van der Waals surface area contributed by atoms with E-state index in [9.17, 15) is 5.11 Å². The summed E-state index contributed by atoms with van der Waals surface area (Å²) >= 11 is 0. The normalized spacial score (nSPS) is 10.6. The second kappa shape index (κ2) is 3.42. The molecule has 0 amide bonds. The van der Waals surface area contributed by atoms with Gasteiger partial charge in [-0.15, -0.1) is 0 Å². The Morgan fingerprint density at radius 1 is 1.27 bits per heavy atom. The number of aryl methyl sites for hydroxylation is 1. The van der Waals surface area contributed by atoms with E-state index >= 15 is 0 Å². The van der Waals surface area contributed by atoms with Crippen molar-refractivity contribution >= 4 is 16.6 Å². The summed E-state index contributed by atoms with van der Waals surface area (Å²) in [5.74, 6) is 0.235. The molecule has 0 atom stereocenters. The molecule has 0 bridgehead atoms. The number of benzene rings is 1. The van der Waals surface area contributed by atoms with Crippen LogP contribution >= 0.6 is 0 Å². The molecule has 0 radical (unpaired) electrons. The van der Waals surface area contributed by atoms with Crippen molar-refractivity contribution in [2.45, 2.75) is 6.92 Å². The minimum absolute atomic E-state index is 0.235. The lowest BCUT2D eigenvalue weighted by Gasteiger charge is -2.16. The highest BCUT2D eigenvalue weighted by Gasteiger charge is 2.08. The van der Waals surface area contributed by atoms with Gasteiger partial charge >= 0.3 is 0 Å². The van der Waals surface area contributed by atoms with Crippen molar-refractivity contribution < 1.29 is 5.11 Å². The van der Waals surface area contributed by atoms with E-state index in [0.29, 0.717) is 5.52 Å². The first-order valence-corrected chi connectivity index (χ1v) is 4.86. The van der Waals surface area contributed by atoms with Crippen molar-refractivity contribution in [2.24, 2.45) is 0 Å². The number of nitrogens with zero attached hydrogens (tertiary/aromatic N) is 2. The maximum atomic E-state index is 9.72. The lowest BCUT2D eigenvalue weighted by atomic mass is 10.1. The molecule has 3 nitrogen and oxygen atoms in total. The Kier molecular flexibility index (Phi) is 2.23. The number of phenols is 1. The van der Waals surface area contributed by atoms with Gasteiger partial charge in [-0.1, -0.05) is 12.1 Å². The van der Waals surface area contributed by atoms with Crippen LogP contribution in [-0.4, -0.2) is 24.2 Å². The lowest BCUT2D eigenvalue weighted by Crippen LogP contribution is -2.09. The predicted octanol–water partition coefficient (Wildman–Crippen LogP) is 2.31. The number of phenolic OH excluding ortho intramolecular Hbond substituents is 1. The molecule has 1 N–H and O–H groups in total. The minimum atomic E-state index is 0.235. The predicted molar refractivity (Wildman–Crippen MR) is 62.5 cm³/mol. The van der Waals surface area contributed by atoms with Gasteiger partial charge in [0.25, 0.3) is 0 Å². The number of aromatic nitrogens is 1. The molecule has 1 aromatic heterocycles. The van der Waals surface area contributed by atoms with Crippen LogP contribution < -0.4 is 4.90 Å². The Hall–Kier alpha value is -1.77. The smallest absolute Gasteiger partial charge is 0.141 e. The van der Waals surface area contributed by atoms with E-state index in [2.05, 4.69) is 4.98 Å². The Morgan fingerprint density at radius 3 is 2.67 bits per heavy atom. The van der Waals surface area contributed by atoms with Crippen LogP contribution in [-0.2, 0) is 0 Å². The summed E-state index contributed by atoms with van der Waals surface area (Å²) in [5.41, 5.74) is 2.65. The Bertz CT molecular complexity index is 506. The zero-order chi connectivity index (χ0) is 11.0. The summed E-state index contributed by atoms with van der Waals surface area (Å²) in [5, 5.41) is 10.7. The third kappa shape index (κ3) is 1.61. The molecule has 0 saturated heterocycles. The maximum Gasteiger partial charge on any atom is 0.141 e. The number of rotatable bonds is 1. The average Bonchev–Trinajstić information content (AvgIpc) is 2.18. The molecule has 1 aromatic carbocycles. The number of anilines is 1. The molecule has 0 spiro atoms. The van der Waals surface area contributed by atoms with Gasteiger partial charge < -0.3 is 10.0 Å². The van der Waals surface area contributed by atoms with Crippen LogP contribution in [0.3, 0.4) is 0 Å². The van der Waals surface area contributed by atoms with E-state index in [-0.39, 0.29) is 5.75 Å². The van der Waals surface area contributed by atoms with Crippen LogP contribution in [0.1, 0.15) is 5.69 Å². The number of hydrogen-bond donors (Lipinski definition) is 1. The van der Waals surface area contributed by atoms with Crippen molar-refractivity contribution in [3.8, 4) is 5.75 Å². The van der Waals surface area contributed by atoms with E-state index in [1.165, 1.54) is 0 Å². The summed E-state index contributed by atoms with van der Waals surface area (Å²) in [6, 6.07) is 7.48. The average molecular weight is 202 g/mol. The second-order valence-corrected chi connectivity index (χ2v) is 3.85. The summed E-state index contributed by atoms with van der Waals surface area (Å²) < 4.78 is 0. The van der Waals surface area contributed by atoms with Crippen LogP contribution in [0.2, 0.25) is 0 Å². The molecule has 15 heavy (non-hydrogen) atoms. The fraction of sp³-hybridized carbons (Fsp3) is 0.250. The van der Waals surface area contributed by atoms with Gasteiger partial charge in [0.1, 0.15) is 11.3 Å². The number of fused-ring (bicyclic) bond motifs is 1. The van der Waals surface area contributed by atoms with Gasteiger partial charge in [0.15, 0.2) is 0 Å². The van der Waals surface area contributed by atoms with Crippen LogP contribution in [0.4, 0.5) is 5.69 Å². The highest BCUT2D eigenvalue weighted by Crippen LogP contribution is 2.30. The van der Waals surface area contributed by atoms with Crippen LogP contribution in [0.15, 0.2) is 24.3 Å². The first-order chi connectivity index (χ1) is 7.09. The molecule has 3 heteroatoms. The van der Waals surface area contributed by atoms with Crippen LogP contribution in [0.25, 0.3) is 10.9 Å². The first-order valence-electron chi connectivity index (χ1n) is 4.86. The Morgan fingerprint density at radius 2 is 2.00 bits per heavy atom. The van der Waals surface area contributed by atoms with Gasteiger partial charge in [-0.3, -0.25) is 0 Å². The zero-order valence-electron chi connectivity index (χ0n) is 9.15. The van der Waals surface area contributed by atoms with Gasteiger partial charge in [-0.05, 0) is 19.1 Å². The van der Waals surface area contributed by atoms with E-state index in [4.69, 9.17) is 0 Å². The van der Waals surface area contributed by atoms with Crippen molar-refractivity contribution in [1.29, 1.82) is 0 Å². The molecular formula is C12H14N2O. The highest BCUT2D eigenvalue weighted by molar-refractivity contribution is 5.95. The first kappa shape index (κ1) is 9.77. The Balaban J connectivity index is 2.86. The molecule has 2 aromatic rings. The lowest BCUT2D eigenvalue weighted by molar-refractivity contribution is 0.480. The molecule has 0 aliphatic carbocycles. The third-order valence-corrected chi connectivity index (χ3v) is 2.41. The van der Waals surface area contributed by atoms with Crippen molar-refractivity contribution in [3.63, 3.8) is 0 Å². The van der Waals surface area contributed by atoms with Gasteiger partial charge in [0.05, 0.1) is 0 Å². The fourth-order valence-electron chi connectivity index (χ4n) is 1.71. The fourth-order valence-corrected chi connectivity index (χ4v) is 1.71. The molecule has 0 aliphatic heterocycles. The monoisotopic (exact) mass is 202 g/mol. The maximum absolute atomic E-state index is 9.72. The molecule has 0 unspecified atom stereocenters. The van der Waals surface area contributed by atoms with Gasteiger partial charge in [-0.2, -0.15) is 0 Å². The quantitative estimate of drug-likeness (QED) is 0.771. The van der Waals surface area contributed by atoms with Gasteiger partial charge in [-0.25, -0.2) is 4.98 Å². The van der Waals surface area contributed by atoms with Crippen LogP contribution in [0.5, 0.6) is 5.75 Å². The third-order valence-electron chi connectivity index (χ3n) is 2.41. The minimum Gasteiger partial charge on any atom is -0.506 e. The SMILES string of the molecule is Cc1cc(N(C)C)c2cccc(O)c2n1. The molecule has 0 saturated carbocycles. The summed E-state index contributed by atoms with van der Waals surface area (Å²) in [4.78, 5) is 6.37. The van der Waals surface area contributed by atoms with Gasteiger partial charge in [0, 0.05) is 30.9 Å². The molecule has 78 valence electrons. The van der Waals surface area contributed by atoms with Crippen molar-refractivity contribution in [2.75, 3.05) is 19.0 Å². The Labute approximate surface area is 89.0 Å². The number of para-hydroxylation sites is 1. The zero-order valence-corrected chi connectivity index (χ0v) is 9.15. The van der Waals surface area contributed by atoms with Gasteiger partial charge in [0.2, 0.25) is 0 Å². The molecule has 0 fully saturated rings. The van der Waals surface area contributed by atoms with E-state index < -0.39 is 0 Å². The standard InChI is InChI=1S/C12H14N2O/c1-8-7-10(14(2)3)9-5-4-6-11(15)12(9)13-8/h4-7,15H,1-3H3. The molecular weight excluding hydrogens is 188 g/mol. The topological polar surface area (TPSA) is 36.4 Å². The van der Waals surface area contributed by atoms with E-state index in [1.54, 1.807) is 6.07 Å². The second-order valence-electron chi connectivity index (χ2n) is 3.85. The highest BCUT2D eigenvalue weighted by atomic mass is 16.3. The van der Waals surface area contributed by atoms with Crippen LogP contribution in [0, 0.1) is 6.92 Å². The molecule has 2 rings (SSSR count). The number of aromatic hydroxyl groups is 1. The van der Waals surface area contributed by atoms with E-state index in [0.717, 1.165) is 16.8 Å². The summed E-state index contributed by atoms with van der Waals surface area (Å²) in [7, 11) is 3.97. The number of pyridine rings is 1. The van der Waals surface area contributed by atoms with E-state index in [1.807, 2.05) is 44.1 Å².